The van der Waals surface area contributed by atoms with E-state index in [4.69, 9.17) is 0 Å². The highest BCUT2D eigenvalue weighted by Crippen LogP contribution is 2.29. The first-order chi connectivity index (χ1) is 15.4. The van der Waals surface area contributed by atoms with E-state index in [1.54, 1.807) is 18.2 Å². The van der Waals surface area contributed by atoms with Crippen LogP contribution in [0.4, 0.5) is 17.1 Å². The van der Waals surface area contributed by atoms with Crippen molar-refractivity contribution in [3.63, 3.8) is 0 Å². The maximum atomic E-state index is 12.8. The molecule has 32 heavy (non-hydrogen) atoms. The number of carbonyl (C=O) groups excluding carboxylic acids is 2. The predicted octanol–water partition coefficient (Wildman–Crippen LogP) is 5.66. The van der Waals surface area contributed by atoms with Crippen LogP contribution in [-0.2, 0) is 4.79 Å². The first-order valence-corrected chi connectivity index (χ1v) is 10.9. The molecule has 2 N–H and O–H groups in total. The van der Waals surface area contributed by atoms with Gasteiger partial charge in [0.2, 0.25) is 5.91 Å². The summed E-state index contributed by atoms with van der Waals surface area (Å²) in [5.74, 6) is -0.530. The lowest BCUT2D eigenvalue weighted by Gasteiger charge is -2.16. The lowest BCUT2D eigenvalue weighted by atomic mass is 10.2. The van der Waals surface area contributed by atoms with Gasteiger partial charge >= 0.3 is 0 Å². The Balaban J connectivity index is 1.69. The standard InChI is InChI=1S/C24H23N3O4S/c1-3-22(24(29)26-21-13-5-4-8-16(21)2)32-20-12-7-10-18(15-20)25-23(28)17-9-6-11-19(14-17)27(30)31/h4-15,22H,3H2,1-2H3,(H,25,28)(H,26,29). The summed E-state index contributed by atoms with van der Waals surface area (Å²) in [5, 5.41) is 16.4. The molecule has 0 aliphatic rings. The highest BCUT2D eigenvalue weighted by Gasteiger charge is 2.19. The van der Waals surface area contributed by atoms with Crippen LogP contribution in [0.3, 0.4) is 0 Å². The van der Waals surface area contributed by atoms with E-state index in [0.717, 1.165) is 16.1 Å². The number of nitrogens with one attached hydrogen (secondary N) is 2. The van der Waals surface area contributed by atoms with E-state index in [1.165, 1.54) is 36.0 Å². The molecule has 164 valence electrons. The first-order valence-electron chi connectivity index (χ1n) is 10.1. The quantitative estimate of drug-likeness (QED) is 0.262. The fourth-order valence-corrected chi connectivity index (χ4v) is 4.04. The van der Waals surface area contributed by atoms with Crippen molar-refractivity contribution < 1.29 is 14.5 Å². The van der Waals surface area contributed by atoms with Gasteiger partial charge in [-0.15, -0.1) is 11.8 Å². The number of carbonyl (C=O) groups is 2. The summed E-state index contributed by atoms with van der Waals surface area (Å²) >= 11 is 1.41. The van der Waals surface area contributed by atoms with Gasteiger partial charge in [-0.05, 0) is 49.2 Å². The number of nitro benzene ring substituents is 1. The summed E-state index contributed by atoms with van der Waals surface area (Å²) in [6.45, 7) is 3.89. The fourth-order valence-electron chi connectivity index (χ4n) is 3.02. The number of amides is 2. The molecule has 2 amide bonds. The van der Waals surface area contributed by atoms with Crippen LogP contribution in [0.15, 0.2) is 77.7 Å². The van der Waals surface area contributed by atoms with Gasteiger partial charge in [-0.3, -0.25) is 19.7 Å². The fraction of sp³-hybridized carbons (Fsp3) is 0.167. The van der Waals surface area contributed by atoms with E-state index < -0.39 is 10.8 Å². The van der Waals surface area contributed by atoms with Gasteiger partial charge in [0, 0.05) is 34.0 Å². The van der Waals surface area contributed by atoms with Gasteiger partial charge in [0.05, 0.1) is 10.2 Å². The highest BCUT2D eigenvalue weighted by molar-refractivity contribution is 8.00. The predicted molar refractivity (Wildman–Crippen MR) is 127 cm³/mol. The minimum absolute atomic E-state index is 0.0853. The third-order valence-electron chi connectivity index (χ3n) is 4.76. The van der Waals surface area contributed by atoms with Crippen molar-refractivity contribution in [2.75, 3.05) is 10.6 Å². The van der Waals surface area contributed by atoms with E-state index in [-0.39, 0.29) is 22.4 Å². The number of nitrogens with zero attached hydrogens (tertiary/aromatic N) is 1. The smallest absolute Gasteiger partial charge is 0.270 e. The van der Waals surface area contributed by atoms with Crippen molar-refractivity contribution in [1.29, 1.82) is 0 Å². The third kappa shape index (κ3) is 5.95. The molecule has 0 saturated heterocycles. The summed E-state index contributed by atoms with van der Waals surface area (Å²) in [6.07, 6.45) is 0.632. The van der Waals surface area contributed by atoms with Crippen LogP contribution < -0.4 is 10.6 Å². The Morgan fingerprint density at radius 1 is 1.00 bits per heavy atom. The van der Waals surface area contributed by atoms with Gasteiger partial charge in [-0.25, -0.2) is 0 Å². The van der Waals surface area contributed by atoms with Gasteiger partial charge in [-0.1, -0.05) is 37.3 Å². The number of rotatable bonds is 8. The molecule has 0 aromatic heterocycles. The molecule has 0 spiro atoms. The summed E-state index contributed by atoms with van der Waals surface area (Å²) in [4.78, 5) is 36.5. The minimum Gasteiger partial charge on any atom is -0.325 e. The maximum absolute atomic E-state index is 12.8. The van der Waals surface area contributed by atoms with Gasteiger partial charge in [-0.2, -0.15) is 0 Å². The average molecular weight is 450 g/mol. The van der Waals surface area contributed by atoms with Gasteiger partial charge in [0.1, 0.15) is 0 Å². The second-order valence-corrected chi connectivity index (χ2v) is 8.38. The van der Waals surface area contributed by atoms with Crippen LogP contribution in [0.25, 0.3) is 0 Å². The monoisotopic (exact) mass is 449 g/mol. The SMILES string of the molecule is CCC(Sc1cccc(NC(=O)c2cccc([N+](=O)[O-])c2)c1)C(=O)Nc1ccccc1C. The minimum atomic E-state index is -0.541. The van der Waals surface area contributed by atoms with E-state index in [9.17, 15) is 19.7 Å². The molecular formula is C24H23N3O4S. The van der Waals surface area contributed by atoms with E-state index >= 15 is 0 Å². The molecule has 3 rings (SSSR count). The number of nitro groups is 1. The third-order valence-corrected chi connectivity index (χ3v) is 6.11. The van der Waals surface area contributed by atoms with Gasteiger partial charge < -0.3 is 10.6 Å². The zero-order valence-electron chi connectivity index (χ0n) is 17.7. The van der Waals surface area contributed by atoms with Crippen LogP contribution in [0.5, 0.6) is 0 Å². The summed E-state index contributed by atoms with van der Waals surface area (Å²) in [7, 11) is 0. The molecule has 0 radical (unpaired) electrons. The van der Waals surface area contributed by atoms with E-state index in [2.05, 4.69) is 10.6 Å². The van der Waals surface area contributed by atoms with Crippen molar-refractivity contribution in [2.24, 2.45) is 0 Å². The summed E-state index contributed by atoms with van der Waals surface area (Å²) < 4.78 is 0. The largest absolute Gasteiger partial charge is 0.325 e. The van der Waals surface area contributed by atoms with Crippen LogP contribution >= 0.6 is 11.8 Å². The van der Waals surface area contributed by atoms with E-state index in [0.29, 0.717) is 12.1 Å². The van der Waals surface area contributed by atoms with Crippen LogP contribution in [-0.4, -0.2) is 22.0 Å². The number of hydrogen-bond donors (Lipinski definition) is 2. The Bertz CT molecular complexity index is 1150. The first kappa shape index (κ1) is 23.0. The molecule has 0 saturated carbocycles. The van der Waals surface area contributed by atoms with Gasteiger partial charge in [0.25, 0.3) is 11.6 Å². The summed E-state index contributed by atoms with van der Waals surface area (Å²) in [6, 6.07) is 20.3. The molecule has 8 heteroatoms. The van der Waals surface area contributed by atoms with Gasteiger partial charge in [0.15, 0.2) is 0 Å². The van der Waals surface area contributed by atoms with E-state index in [1.807, 2.05) is 44.2 Å². The molecule has 1 unspecified atom stereocenters. The molecule has 1 atom stereocenters. The number of hydrogen-bond acceptors (Lipinski definition) is 5. The molecule has 3 aromatic carbocycles. The Labute approximate surface area is 190 Å². The molecule has 0 bridgehead atoms. The number of benzene rings is 3. The molecule has 0 heterocycles. The van der Waals surface area contributed by atoms with Crippen LogP contribution in [0.2, 0.25) is 0 Å². The topological polar surface area (TPSA) is 101 Å². The zero-order chi connectivity index (χ0) is 23.1. The lowest BCUT2D eigenvalue weighted by Crippen LogP contribution is -2.24. The Hall–Kier alpha value is -3.65. The number of anilines is 2. The maximum Gasteiger partial charge on any atom is 0.270 e. The van der Waals surface area contributed by atoms with Crippen molar-refractivity contribution in [3.8, 4) is 0 Å². The normalized spacial score (nSPS) is 11.4. The van der Waals surface area contributed by atoms with Crippen molar-refractivity contribution in [2.45, 2.75) is 30.4 Å². The molecule has 0 aliphatic carbocycles. The van der Waals surface area contributed by atoms with Crippen molar-refractivity contribution in [3.05, 3.63) is 94.0 Å². The Kier molecular flexibility index (Phi) is 7.62. The van der Waals surface area contributed by atoms with Crippen molar-refractivity contribution >= 4 is 40.6 Å². The number of thioether (sulfide) groups is 1. The highest BCUT2D eigenvalue weighted by atomic mass is 32.2. The lowest BCUT2D eigenvalue weighted by molar-refractivity contribution is -0.384. The zero-order valence-corrected chi connectivity index (χ0v) is 18.5. The number of non-ortho nitro benzene ring substituents is 1. The molecule has 7 nitrogen and oxygen atoms in total. The second kappa shape index (κ2) is 10.6. The van der Waals surface area contributed by atoms with Crippen LogP contribution in [0.1, 0.15) is 29.3 Å². The Morgan fingerprint density at radius 3 is 2.47 bits per heavy atom. The number of aryl methyl sites for hydroxylation is 1. The number of para-hydroxylation sites is 1. The Morgan fingerprint density at radius 2 is 1.75 bits per heavy atom. The van der Waals surface area contributed by atoms with Crippen LogP contribution in [0, 0.1) is 17.0 Å². The van der Waals surface area contributed by atoms with Crippen molar-refractivity contribution in [1.82, 2.24) is 0 Å². The molecule has 0 fully saturated rings. The molecule has 0 aliphatic heterocycles. The molecule has 3 aromatic rings. The average Bonchev–Trinajstić information content (AvgIpc) is 2.79. The molecular weight excluding hydrogens is 426 g/mol. The second-order valence-electron chi connectivity index (χ2n) is 7.11. The summed E-state index contributed by atoms with van der Waals surface area (Å²) in [5.41, 5.74) is 2.37.